The lowest BCUT2D eigenvalue weighted by atomic mass is 10.0. The molecule has 0 aliphatic carbocycles. The van der Waals surface area contributed by atoms with Crippen LogP contribution in [0.5, 0.6) is 0 Å². The van der Waals surface area contributed by atoms with Crippen LogP contribution in [0.1, 0.15) is 11.1 Å². The van der Waals surface area contributed by atoms with Gasteiger partial charge in [-0.3, -0.25) is 0 Å². The highest BCUT2D eigenvalue weighted by molar-refractivity contribution is 6.27. The molecule has 7 aromatic rings. The predicted molar refractivity (Wildman–Crippen MR) is 125 cm³/mol. The van der Waals surface area contributed by atoms with E-state index in [1.807, 2.05) is 56.3 Å². The van der Waals surface area contributed by atoms with Crippen LogP contribution in [-0.2, 0) is 0 Å². The summed E-state index contributed by atoms with van der Waals surface area (Å²) in [6.45, 7) is 3.86. The third kappa shape index (κ3) is 2.03. The first-order valence-electron chi connectivity index (χ1n) is 10.3. The molecule has 0 amide bonds. The van der Waals surface area contributed by atoms with E-state index in [-0.39, 0.29) is 11.2 Å². The van der Waals surface area contributed by atoms with Crippen LogP contribution in [0.15, 0.2) is 71.4 Å². The molecule has 154 valence electrons. The second kappa shape index (κ2) is 5.68. The lowest BCUT2D eigenvalue weighted by Gasteiger charge is -2.05. The van der Waals surface area contributed by atoms with Crippen LogP contribution in [0.2, 0.25) is 0 Å². The third-order valence-corrected chi connectivity index (χ3v) is 6.35. The molecule has 6 nitrogen and oxygen atoms in total. The van der Waals surface area contributed by atoms with Crippen LogP contribution in [-0.4, -0.2) is 4.98 Å². The summed E-state index contributed by atoms with van der Waals surface area (Å²) < 4.78 is 17.1. The quantitative estimate of drug-likeness (QED) is 0.301. The van der Waals surface area contributed by atoms with Crippen molar-refractivity contribution < 1.29 is 13.3 Å². The second-order valence-electron chi connectivity index (χ2n) is 8.25. The number of nitrogens with one attached hydrogen (secondary N) is 1. The van der Waals surface area contributed by atoms with Crippen molar-refractivity contribution in [1.29, 1.82) is 0 Å². The summed E-state index contributed by atoms with van der Waals surface area (Å²) in [4.78, 5) is 28.3. The molecule has 0 atom stereocenters. The fraction of sp³-hybridized carbons (Fsp3) is 0.0769. The summed E-state index contributed by atoms with van der Waals surface area (Å²) in [7, 11) is 0. The number of aryl methyl sites for hydroxylation is 2. The first kappa shape index (κ1) is 17.4. The Morgan fingerprint density at radius 3 is 2.34 bits per heavy atom. The number of para-hydroxylation sites is 1. The molecule has 32 heavy (non-hydrogen) atoms. The Kier molecular flexibility index (Phi) is 3.08. The van der Waals surface area contributed by atoms with Crippen LogP contribution in [0, 0.1) is 13.8 Å². The van der Waals surface area contributed by atoms with Crippen LogP contribution in [0.3, 0.4) is 0 Å². The summed E-state index contributed by atoms with van der Waals surface area (Å²) in [5.41, 5.74) is 4.39. The molecule has 0 bridgehead atoms. The zero-order valence-corrected chi connectivity index (χ0v) is 17.2. The van der Waals surface area contributed by atoms with E-state index in [1.165, 1.54) is 6.07 Å². The van der Waals surface area contributed by atoms with Gasteiger partial charge in [-0.1, -0.05) is 24.3 Å². The third-order valence-electron chi connectivity index (χ3n) is 6.35. The Morgan fingerprint density at radius 2 is 1.47 bits per heavy atom. The molecule has 0 radical (unpaired) electrons. The molecule has 0 aliphatic rings. The SMILES string of the molecule is Cc1cc2oc(=O)cc(C)c2c2c1[nH]c1c2ccc2c1oc(=O)c1oc3ccccc3c12. The van der Waals surface area contributed by atoms with Crippen molar-refractivity contribution in [3.05, 3.63) is 80.5 Å². The van der Waals surface area contributed by atoms with E-state index >= 15 is 0 Å². The van der Waals surface area contributed by atoms with Gasteiger partial charge in [-0.25, -0.2) is 9.59 Å². The summed E-state index contributed by atoms with van der Waals surface area (Å²) in [6.07, 6.45) is 0. The van der Waals surface area contributed by atoms with Gasteiger partial charge in [-0.05, 0) is 43.2 Å². The van der Waals surface area contributed by atoms with Crippen molar-refractivity contribution in [3.63, 3.8) is 0 Å². The molecular weight excluding hydrogens is 406 g/mol. The molecule has 4 aromatic heterocycles. The van der Waals surface area contributed by atoms with Gasteiger partial charge in [0, 0.05) is 38.4 Å². The average molecular weight is 421 g/mol. The molecule has 0 saturated heterocycles. The minimum absolute atomic E-state index is 0.216. The van der Waals surface area contributed by atoms with Crippen molar-refractivity contribution in [3.8, 4) is 0 Å². The smallest absolute Gasteiger partial charge is 0.380 e. The van der Waals surface area contributed by atoms with Crippen molar-refractivity contribution in [2.24, 2.45) is 0 Å². The van der Waals surface area contributed by atoms with E-state index in [0.717, 1.165) is 54.5 Å². The molecule has 0 fully saturated rings. The summed E-state index contributed by atoms with van der Waals surface area (Å²) in [6, 6.07) is 14.9. The van der Waals surface area contributed by atoms with Gasteiger partial charge in [0.2, 0.25) is 5.58 Å². The highest BCUT2D eigenvalue weighted by Crippen LogP contribution is 2.40. The van der Waals surface area contributed by atoms with Gasteiger partial charge in [0.15, 0.2) is 5.58 Å². The molecule has 6 heteroatoms. The van der Waals surface area contributed by atoms with Gasteiger partial charge in [0.05, 0.1) is 11.0 Å². The normalized spacial score (nSPS) is 12.3. The molecule has 7 rings (SSSR count). The zero-order chi connectivity index (χ0) is 21.7. The number of aromatic amines is 1. The predicted octanol–water partition coefficient (Wildman–Crippen LogP) is 6.05. The topological polar surface area (TPSA) is 89.4 Å². The van der Waals surface area contributed by atoms with Gasteiger partial charge in [-0.15, -0.1) is 0 Å². The lowest BCUT2D eigenvalue weighted by molar-refractivity contribution is 0.546. The summed E-state index contributed by atoms with van der Waals surface area (Å²) in [5, 5.41) is 5.12. The number of hydrogen-bond acceptors (Lipinski definition) is 5. The van der Waals surface area contributed by atoms with Crippen molar-refractivity contribution >= 4 is 65.7 Å². The molecule has 0 spiro atoms. The Labute approximate surface area is 178 Å². The van der Waals surface area contributed by atoms with Gasteiger partial charge in [0.1, 0.15) is 11.2 Å². The highest BCUT2D eigenvalue weighted by atomic mass is 16.4. The van der Waals surface area contributed by atoms with E-state index in [4.69, 9.17) is 13.3 Å². The van der Waals surface area contributed by atoms with Gasteiger partial charge in [0.25, 0.3) is 0 Å². The van der Waals surface area contributed by atoms with Crippen molar-refractivity contribution in [2.75, 3.05) is 0 Å². The molecule has 0 aliphatic heterocycles. The number of H-pyrrole nitrogens is 1. The van der Waals surface area contributed by atoms with E-state index in [2.05, 4.69) is 4.98 Å². The molecule has 0 saturated carbocycles. The number of benzene rings is 3. The Bertz CT molecular complexity index is 2050. The van der Waals surface area contributed by atoms with Crippen molar-refractivity contribution in [1.82, 2.24) is 4.98 Å². The maximum atomic E-state index is 12.9. The molecule has 4 heterocycles. The monoisotopic (exact) mass is 421 g/mol. The molecular formula is C26H15NO5. The van der Waals surface area contributed by atoms with E-state index in [1.54, 1.807) is 0 Å². The minimum Gasteiger partial charge on any atom is -0.448 e. The fourth-order valence-electron chi connectivity index (χ4n) is 5.01. The molecule has 1 N–H and O–H groups in total. The number of fused-ring (bicyclic) bond motifs is 11. The maximum Gasteiger partial charge on any atom is 0.380 e. The maximum absolute atomic E-state index is 12.9. The minimum atomic E-state index is -0.515. The number of rotatable bonds is 0. The largest absolute Gasteiger partial charge is 0.448 e. The van der Waals surface area contributed by atoms with Gasteiger partial charge >= 0.3 is 11.3 Å². The summed E-state index contributed by atoms with van der Waals surface area (Å²) in [5.74, 6) is 0. The van der Waals surface area contributed by atoms with Crippen molar-refractivity contribution in [2.45, 2.75) is 13.8 Å². The number of furan rings is 1. The number of aromatic nitrogens is 1. The Hall–Kier alpha value is -4.32. The molecule has 0 unspecified atom stereocenters. The second-order valence-corrected chi connectivity index (χ2v) is 8.25. The van der Waals surface area contributed by atoms with Crippen LogP contribution in [0.25, 0.3) is 65.7 Å². The van der Waals surface area contributed by atoms with E-state index in [0.29, 0.717) is 16.7 Å². The van der Waals surface area contributed by atoms with E-state index in [9.17, 15) is 9.59 Å². The van der Waals surface area contributed by atoms with Crippen LogP contribution in [0.4, 0.5) is 0 Å². The Balaban J connectivity index is 1.77. The zero-order valence-electron chi connectivity index (χ0n) is 17.2. The first-order chi connectivity index (χ1) is 15.5. The van der Waals surface area contributed by atoms with Crippen LogP contribution >= 0.6 is 0 Å². The lowest BCUT2D eigenvalue weighted by Crippen LogP contribution is -1.98. The Morgan fingerprint density at radius 1 is 0.656 bits per heavy atom. The first-order valence-corrected chi connectivity index (χ1v) is 10.3. The summed E-state index contributed by atoms with van der Waals surface area (Å²) >= 11 is 0. The van der Waals surface area contributed by atoms with Gasteiger partial charge in [-0.2, -0.15) is 0 Å². The standard InChI is InChI=1S/C26H15NO5/c1-11-10-18(28)30-17-9-12(2)22-21(19(11)17)14-7-8-15-20-13-5-3-4-6-16(13)31-25(20)26(29)32-24(15)23(14)27-22/h3-10,27H,1-2H3. The van der Waals surface area contributed by atoms with Gasteiger partial charge < -0.3 is 18.2 Å². The molecule has 3 aromatic carbocycles. The van der Waals surface area contributed by atoms with E-state index < -0.39 is 5.63 Å². The van der Waals surface area contributed by atoms with Crippen LogP contribution < -0.4 is 11.3 Å². The average Bonchev–Trinajstić information content (AvgIpc) is 3.34. The number of hydrogen-bond donors (Lipinski definition) is 1. The highest BCUT2D eigenvalue weighted by Gasteiger charge is 2.21. The fourth-order valence-corrected chi connectivity index (χ4v) is 5.01.